The number of nitrogens with zero attached hydrogens (tertiary/aromatic N) is 2. The van der Waals surface area contributed by atoms with E-state index < -0.39 is 0 Å². The van der Waals surface area contributed by atoms with Crippen molar-refractivity contribution in [2.75, 3.05) is 39.8 Å². The smallest absolute Gasteiger partial charge is 0.254 e. The van der Waals surface area contributed by atoms with Crippen LogP contribution in [0.5, 0.6) is 5.75 Å². The first-order valence-electron chi connectivity index (χ1n) is 9.38. The molecule has 0 atom stereocenters. The highest BCUT2D eigenvalue weighted by Gasteiger charge is 2.23. The van der Waals surface area contributed by atoms with Gasteiger partial charge in [0.1, 0.15) is 5.75 Å². The minimum Gasteiger partial charge on any atom is -0.496 e. The summed E-state index contributed by atoms with van der Waals surface area (Å²) in [6.45, 7) is 6.25. The molecular weight excluding hydrogens is 346 g/mol. The highest BCUT2D eigenvalue weighted by Crippen LogP contribution is 2.20. The molecule has 1 N–H and O–H groups in total. The number of rotatable bonds is 6. The Bertz CT molecular complexity index is 690. The lowest BCUT2D eigenvalue weighted by Gasteiger charge is -2.22. The molecule has 1 aromatic carbocycles. The summed E-state index contributed by atoms with van der Waals surface area (Å²) >= 11 is 0. The number of nitrogens with one attached hydrogen (secondary N) is 1. The van der Waals surface area contributed by atoms with Crippen molar-refractivity contribution in [3.63, 3.8) is 0 Å². The average molecular weight is 375 g/mol. The SMILES string of the molecule is COc1cc(C(=O)N2CCCN(C(=O)CCCNC(C)=O)CC2)ccc1C. The number of amides is 3. The molecule has 148 valence electrons. The van der Waals surface area contributed by atoms with Crippen LogP contribution in [0, 0.1) is 6.92 Å². The largest absolute Gasteiger partial charge is 0.496 e. The summed E-state index contributed by atoms with van der Waals surface area (Å²) in [7, 11) is 1.60. The quantitative estimate of drug-likeness (QED) is 0.766. The Balaban J connectivity index is 1.89. The molecule has 0 aromatic heterocycles. The molecular formula is C20H29N3O4. The summed E-state index contributed by atoms with van der Waals surface area (Å²) in [6, 6.07) is 5.47. The zero-order valence-corrected chi connectivity index (χ0v) is 16.4. The number of hydrogen-bond acceptors (Lipinski definition) is 4. The van der Waals surface area contributed by atoms with Crippen LogP contribution in [0.1, 0.15) is 42.1 Å². The van der Waals surface area contributed by atoms with Crippen molar-refractivity contribution in [3.05, 3.63) is 29.3 Å². The molecule has 0 radical (unpaired) electrons. The predicted molar refractivity (Wildman–Crippen MR) is 103 cm³/mol. The van der Waals surface area contributed by atoms with Crippen molar-refractivity contribution in [3.8, 4) is 5.75 Å². The van der Waals surface area contributed by atoms with Gasteiger partial charge in [-0.05, 0) is 37.5 Å². The van der Waals surface area contributed by atoms with Gasteiger partial charge in [0.15, 0.2) is 0 Å². The molecule has 7 heteroatoms. The third-order valence-corrected chi connectivity index (χ3v) is 4.73. The number of hydrogen-bond donors (Lipinski definition) is 1. The Morgan fingerprint density at radius 3 is 2.52 bits per heavy atom. The first kappa shape index (κ1) is 20.7. The number of methoxy groups -OCH3 is 1. The van der Waals surface area contributed by atoms with Gasteiger partial charge in [0.25, 0.3) is 5.91 Å². The molecule has 1 heterocycles. The van der Waals surface area contributed by atoms with E-state index in [1.807, 2.05) is 24.0 Å². The van der Waals surface area contributed by atoms with Gasteiger partial charge in [-0.1, -0.05) is 6.07 Å². The monoisotopic (exact) mass is 375 g/mol. The van der Waals surface area contributed by atoms with Crippen molar-refractivity contribution in [1.29, 1.82) is 0 Å². The summed E-state index contributed by atoms with van der Waals surface area (Å²) in [4.78, 5) is 39.6. The maximum absolute atomic E-state index is 12.8. The average Bonchev–Trinajstić information content (AvgIpc) is 2.91. The molecule has 0 bridgehead atoms. The maximum atomic E-state index is 12.8. The van der Waals surface area contributed by atoms with E-state index >= 15 is 0 Å². The second kappa shape index (κ2) is 9.94. The second-order valence-electron chi connectivity index (χ2n) is 6.80. The van der Waals surface area contributed by atoms with Crippen LogP contribution in [-0.2, 0) is 9.59 Å². The highest BCUT2D eigenvalue weighted by atomic mass is 16.5. The highest BCUT2D eigenvalue weighted by molar-refractivity contribution is 5.94. The van der Waals surface area contributed by atoms with Crippen LogP contribution in [0.15, 0.2) is 18.2 Å². The molecule has 1 aliphatic rings. The maximum Gasteiger partial charge on any atom is 0.254 e. The summed E-state index contributed by atoms with van der Waals surface area (Å²) < 4.78 is 5.31. The minimum absolute atomic E-state index is 0.0340. The van der Waals surface area contributed by atoms with Gasteiger partial charge in [-0.2, -0.15) is 0 Å². The minimum atomic E-state index is -0.0842. The summed E-state index contributed by atoms with van der Waals surface area (Å²) in [6.07, 6.45) is 1.79. The Labute approximate surface area is 160 Å². The van der Waals surface area contributed by atoms with Crippen molar-refractivity contribution in [2.24, 2.45) is 0 Å². The third kappa shape index (κ3) is 5.98. The van der Waals surface area contributed by atoms with E-state index in [0.29, 0.717) is 56.9 Å². The van der Waals surface area contributed by atoms with E-state index in [-0.39, 0.29) is 17.7 Å². The van der Waals surface area contributed by atoms with Crippen molar-refractivity contribution >= 4 is 17.7 Å². The van der Waals surface area contributed by atoms with Gasteiger partial charge in [-0.15, -0.1) is 0 Å². The molecule has 7 nitrogen and oxygen atoms in total. The van der Waals surface area contributed by atoms with E-state index in [0.717, 1.165) is 12.0 Å². The van der Waals surface area contributed by atoms with Crippen molar-refractivity contribution < 1.29 is 19.1 Å². The van der Waals surface area contributed by atoms with E-state index in [9.17, 15) is 14.4 Å². The Kier molecular flexibility index (Phi) is 7.64. The fourth-order valence-corrected chi connectivity index (χ4v) is 3.17. The predicted octanol–water partition coefficient (Wildman–Crippen LogP) is 1.59. The Morgan fingerprint density at radius 1 is 1.11 bits per heavy atom. The normalized spacial score (nSPS) is 14.5. The summed E-state index contributed by atoms with van der Waals surface area (Å²) in [5.74, 6) is 0.658. The van der Waals surface area contributed by atoms with Gasteiger partial charge in [-0.3, -0.25) is 14.4 Å². The molecule has 3 amide bonds. The van der Waals surface area contributed by atoms with E-state index in [2.05, 4.69) is 5.32 Å². The standard InChI is InChI=1S/C20H29N3O4/c1-15-7-8-17(14-18(15)27-3)20(26)23-11-5-10-22(12-13-23)19(25)6-4-9-21-16(2)24/h7-8,14H,4-6,9-13H2,1-3H3,(H,21,24). The molecule has 0 saturated carbocycles. The van der Waals surface area contributed by atoms with Gasteiger partial charge >= 0.3 is 0 Å². The molecule has 27 heavy (non-hydrogen) atoms. The van der Waals surface area contributed by atoms with E-state index in [4.69, 9.17) is 4.74 Å². The van der Waals surface area contributed by atoms with Crippen LogP contribution in [0.25, 0.3) is 0 Å². The summed E-state index contributed by atoms with van der Waals surface area (Å²) in [5.41, 5.74) is 1.59. The second-order valence-corrected chi connectivity index (χ2v) is 6.80. The van der Waals surface area contributed by atoms with Crippen LogP contribution in [-0.4, -0.2) is 67.4 Å². The number of ether oxygens (including phenoxy) is 1. The Morgan fingerprint density at radius 2 is 1.81 bits per heavy atom. The van der Waals surface area contributed by atoms with Gasteiger partial charge in [-0.25, -0.2) is 0 Å². The number of benzene rings is 1. The number of carbonyl (C=O) groups is 3. The van der Waals surface area contributed by atoms with Gasteiger partial charge in [0.05, 0.1) is 7.11 Å². The first-order valence-corrected chi connectivity index (χ1v) is 9.38. The lowest BCUT2D eigenvalue weighted by molar-refractivity contribution is -0.131. The Hall–Kier alpha value is -2.57. The lowest BCUT2D eigenvalue weighted by Crippen LogP contribution is -2.37. The van der Waals surface area contributed by atoms with Gasteiger partial charge < -0.3 is 19.9 Å². The van der Waals surface area contributed by atoms with Crippen LogP contribution in [0.3, 0.4) is 0 Å². The molecule has 0 unspecified atom stereocenters. The molecule has 0 spiro atoms. The van der Waals surface area contributed by atoms with Gasteiger partial charge in [0, 0.05) is 51.6 Å². The third-order valence-electron chi connectivity index (χ3n) is 4.73. The van der Waals surface area contributed by atoms with Crippen LogP contribution < -0.4 is 10.1 Å². The first-order chi connectivity index (χ1) is 12.9. The molecule has 0 aliphatic carbocycles. The van der Waals surface area contributed by atoms with Crippen molar-refractivity contribution in [1.82, 2.24) is 15.1 Å². The van der Waals surface area contributed by atoms with Crippen LogP contribution in [0.4, 0.5) is 0 Å². The molecule has 1 aromatic rings. The molecule has 2 rings (SSSR count). The fraction of sp³-hybridized carbons (Fsp3) is 0.550. The van der Waals surface area contributed by atoms with E-state index in [1.165, 1.54) is 6.92 Å². The topological polar surface area (TPSA) is 79.0 Å². The summed E-state index contributed by atoms with van der Waals surface area (Å²) in [5, 5.41) is 2.70. The lowest BCUT2D eigenvalue weighted by atomic mass is 10.1. The van der Waals surface area contributed by atoms with Crippen LogP contribution >= 0.6 is 0 Å². The van der Waals surface area contributed by atoms with Crippen LogP contribution in [0.2, 0.25) is 0 Å². The molecule has 1 aliphatic heterocycles. The van der Waals surface area contributed by atoms with E-state index in [1.54, 1.807) is 18.1 Å². The van der Waals surface area contributed by atoms with Crippen molar-refractivity contribution in [2.45, 2.75) is 33.1 Å². The molecule has 1 saturated heterocycles. The zero-order valence-electron chi connectivity index (χ0n) is 16.4. The van der Waals surface area contributed by atoms with Gasteiger partial charge in [0.2, 0.25) is 11.8 Å². The zero-order chi connectivity index (χ0) is 19.8. The fourth-order valence-electron chi connectivity index (χ4n) is 3.17. The molecule has 1 fully saturated rings. The number of aryl methyl sites for hydroxylation is 1. The number of carbonyl (C=O) groups excluding carboxylic acids is 3.